The zero-order chi connectivity index (χ0) is 15.7. The minimum Gasteiger partial charge on any atom is -0.359 e. The van der Waals surface area contributed by atoms with Crippen molar-refractivity contribution in [2.75, 3.05) is 0 Å². The highest BCUT2D eigenvalue weighted by atomic mass is 32.2. The van der Waals surface area contributed by atoms with Crippen molar-refractivity contribution in [3.63, 3.8) is 0 Å². The van der Waals surface area contributed by atoms with Crippen molar-refractivity contribution >= 4 is 27.2 Å². The second-order valence-corrected chi connectivity index (χ2v) is 5.90. The van der Waals surface area contributed by atoms with Gasteiger partial charge in [0.2, 0.25) is 0 Å². The number of hydrogen-bond acceptors (Lipinski definition) is 2. The quantitative estimate of drug-likeness (QED) is 0.668. The molecule has 3 rings (SSSR count). The molecular formula is C15H11F3N2OS. The maximum absolute atomic E-state index is 12.5. The van der Waals surface area contributed by atoms with E-state index >= 15 is 0 Å². The smallest absolute Gasteiger partial charge is 0.359 e. The minimum absolute atomic E-state index is 0.258. The average Bonchev–Trinajstić information content (AvgIpc) is 2.90. The summed E-state index contributed by atoms with van der Waals surface area (Å²) < 4.78 is 53.8. The van der Waals surface area contributed by atoms with Gasteiger partial charge < -0.3 is 4.98 Å². The fourth-order valence-electron chi connectivity index (χ4n) is 2.07. The Labute approximate surface area is 126 Å². The molecule has 0 aliphatic carbocycles. The number of nitrogens with zero attached hydrogens (tertiary/aromatic N) is 1. The third-order valence-corrected chi connectivity index (χ3v) is 4.32. The van der Waals surface area contributed by atoms with Crippen molar-refractivity contribution < 1.29 is 17.4 Å². The average molecular weight is 324 g/mol. The lowest BCUT2D eigenvalue weighted by atomic mass is 10.2. The number of H-pyrrole nitrogens is 1. The lowest BCUT2D eigenvalue weighted by molar-refractivity contribution is -0.137. The van der Waals surface area contributed by atoms with Crippen molar-refractivity contribution in [1.29, 1.82) is 0 Å². The Balaban J connectivity index is 1.96. The maximum Gasteiger partial charge on any atom is 0.416 e. The number of fused-ring (bicyclic) bond motifs is 1. The standard InChI is InChI=1S/C15H11F3N2OS/c16-15(17,18)10-5-7-11(8-6-10)22(21)20-14-9-19-13-4-2-1-3-12(13)14/h1-9,19,22H. The van der Waals surface area contributed by atoms with Crippen LogP contribution in [0.4, 0.5) is 18.9 Å². The van der Waals surface area contributed by atoms with E-state index < -0.39 is 22.3 Å². The zero-order valence-corrected chi connectivity index (χ0v) is 12.0. The Bertz CT molecular complexity index is 891. The fraction of sp³-hybridized carbons (Fsp3) is 0.0667. The largest absolute Gasteiger partial charge is 0.416 e. The molecule has 1 atom stereocenters. The minimum atomic E-state index is -4.40. The van der Waals surface area contributed by atoms with E-state index in [4.69, 9.17) is 0 Å². The number of alkyl halides is 3. The fourth-order valence-corrected chi connectivity index (χ4v) is 2.95. The van der Waals surface area contributed by atoms with E-state index in [-0.39, 0.29) is 4.90 Å². The van der Waals surface area contributed by atoms with E-state index in [1.165, 1.54) is 12.1 Å². The summed E-state index contributed by atoms with van der Waals surface area (Å²) in [5, 5.41) is 0.817. The van der Waals surface area contributed by atoms with Crippen LogP contribution in [0.15, 0.2) is 64.0 Å². The van der Waals surface area contributed by atoms with E-state index in [9.17, 15) is 17.4 Å². The first-order valence-electron chi connectivity index (χ1n) is 6.37. The summed E-state index contributed by atoms with van der Waals surface area (Å²) in [7, 11) is -2.16. The Kier molecular flexibility index (Phi) is 3.66. The van der Waals surface area contributed by atoms with E-state index in [1.54, 1.807) is 6.20 Å². The predicted octanol–water partition coefficient (Wildman–Crippen LogP) is 4.54. The Morgan fingerprint density at radius 2 is 1.68 bits per heavy atom. The molecule has 3 aromatic rings. The molecule has 114 valence electrons. The summed E-state index contributed by atoms with van der Waals surface area (Å²) in [6.07, 6.45) is -2.78. The highest BCUT2D eigenvalue weighted by Gasteiger charge is 2.29. The molecule has 1 heterocycles. The van der Waals surface area contributed by atoms with Gasteiger partial charge in [-0.15, -0.1) is 0 Å². The monoisotopic (exact) mass is 324 g/mol. The van der Waals surface area contributed by atoms with Gasteiger partial charge >= 0.3 is 6.18 Å². The van der Waals surface area contributed by atoms with E-state index in [2.05, 4.69) is 9.35 Å². The van der Waals surface area contributed by atoms with Crippen LogP contribution in [0.1, 0.15) is 5.56 Å². The van der Waals surface area contributed by atoms with Crippen LogP contribution in [-0.2, 0) is 16.8 Å². The molecule has 0 fully saturated rings. The number of thiol groups is 1. The molecule has 0 aliphatic heterocycles. The molecule has 7 heteroatoms. The molecule has 22 heavy (non-hydrogen) atoms. The SMILES string of the molecule is O=[SH](=N\c1c[nH]c2ccccc12)/c1ccc(C(F)(F)F)cc1. The normalized spacial score (nSPS) is 13.6. The molecule has 0 bridgehead atoms. The summed E-state index contributed by atoms with van der Waals surface area (Å²) in [6, 6.07) is 11.6. The highest BCUT2D eigenvalue weighted by molar-refractivity contribution is 7.75. The second-order valence-electron chi connectivity index (χ2n) is 4.64. The van der Waals surface area contributed by atoms with Gasteiger partial charge in [-0.1, -0.05) is 18.2 Å². The number of aromatic nitrogens is 1. The maximum atomic E-state index is 12.5. The Morgan fingerprint density at radius 3 is 2.36 bits per heavy atom. The lowest BCUT2D eigenvalue weighted by Crippen LogP contribution is -2.04. The number of aromatic amines is 1. The van der Waals surface area contributed by atoms with E-state index in [0.29, 0.717) is 5.69 Å². The van der Waals surface area contributed by atoms with Crippen LogP contribution in [0.2, 0.25) is 0 Å². The molecule has 3 nitrogen and oxygen atoms in total. The molecule has 0 spiro atoms. The van der Waals surface area contributed by atoms with Crippen molar-refractivity contribution in [3.8, 4) is 0 Å². The molecule has 0 saturated heterocycles. The third-order valence-electron chi connectivity index (χ3n) is 3.18. The molecule has 0 saturated carbocycles. The van der Waals surface area contributed by atoms with Gasteiger partial charge in [-0.05, 0) is 30.3 Å². The van der Waals surface area contributed by atoms with Gasteiger partial charge in [0.1, 0.15) is 0 Å². The summed E-state index contributed by atoms with van der Waals surface area (Å²) in [5.41, 5.74) is 0.612. The van der Waals surface area contributed by atoms with E-state index in [1.807, 2.05) is 24.3 Å². The van der Waals surface area contributed by atoms with Crippen LogP contribution in [0.25, 0.3) is 10.9 Å². The van der Waals surface area contributed by atoms with Crippen LogP contribution in [0.5, 0.6) is 0 Å². The summed E-state index contributed by atoms with van der Waals surface area (Å²) in [6.45, 7) is 0. The first-order valence-corrected chi connectivity index (χ1v) is 7.59. The summed E-state index contributed by atoms with van der Waals surface area (Å²) in [4.78, 5) is 3.26. The second kappa shape index (κ2) is 5.49. The summed E-state index contributed by atoms with van der Waals surface area (Å²) >= 11 is 0. The van der Waals surface area contributed by atoms with E-state index in [0.717, 1.165) is 23.0 Å². The van der Waals surface area contributed by atoms with Gasteiger partial charge in [0.15, 0.2) is 0 Å². The van der Waals surface area contributed by atoms with Gasteiger partial charge in [0.05, 0.1) is 21.8 Å². The van der Waals surface area contributed by atoms with Crippen molar-refractivity contribution in [2.45, 2.75) is 11.1 Å². The van der Waals surface area contributed by atoms with Crippen molar-refractivity contribution in [1.82, 2.24) is 4.98 Å². The molecule has 0 aliphatic rings. The first-order chi connectivity index (χ1) is 10.4. The number of nitrogens with one attached hydrogen (secondary N) is 1. The van der Waals surface area contributed by atoms with Gasteiger partial charge in [0.25, 0.3) is 0 Å². The lowest BCUT2D eigenvalue weighted by Gasteiger charge is -2.05. The third kappa shape index (κ3) is 2.85. The highest BCUT2D eigenvalue weighted by Crippen LogP contribution is 2.30. The van der Waals surface area contributed by atoms with Gasteiger partial charge in [0, 0.05) is 22.0 Å². The first kappa shape index (κ1) is 14.6. The molecule has 1 N–H and O–H groups in total. The van der Waals surface area contributed by atoms with Gasteiger partial charge in [-0.25, -0.2) is 4.21 Å². The van der Waals surface area contributed by atoms with Crippen LogP contribution >= 0.6 is 0 Å². The Morgan fingerprint density at radius 1 is 1.00 bits per heavy atom. The molecule has 0 radical (unpaired) electrons. The predicted molar refractivity (Wildman–Crippen MR) is 79.6 cm³/mol. The number of halogens is 3. The molecule has 0 amide bonds. The number of para-hydroxylation sites is 1. The molecule has 1 aromatic heterocycles. The molecule has 1 unspecified atom stereocenters. The number of benzene rings is 2. The zero-order valence-electron chi connectivity index (χ0n) is 11.1. The summed E-state index contributed by atoms with van der Waals surface area (Å²) in [5.74, 6) is 0. The number of hydrogen-bond donors (Lipinski definition) is 2. The van der Waals surface area contributed by atoms with Crippen molar-refractivity contribution in [2.24, 2.45) is 4.36 Å². The van der Waals surface area contributed by atoms with Crippen LogP contribution in [0.3, 0.4) is 0 Å². The van der Waals surface area contributed by atoms with Crippen LogP contribution in [0, 0.1) is 0 Å². The molecular weight excluding hydrogens is 313 g/mol. The number of rotatable bonds is 2. The molecule has 2 aromatic carbocycles. The Hall–Kier alpha value is -2.28. The van der Waals surface area contributed by atoms with Crippen LogP contribution < -0.4 is 0 Å². The van der Waals surface area contributed by atoms with Gasteiger partial charge in [-0.3, -0.25) is 0 Å². The van der Waals surface area contributed by atoms with Crippen molar-refractivity contribution in [3.05, 3.63) is 60.3 Å². The topological polar surface area (TPSA) is 45.2 Å². The van der Waals surface area contributed by atoms with Gasteiger partial charge in [-0.2, -0.15) is 17.5 Å². The van der Waals surface area contributed by atoms with Crippen LogP contribution in [-0.4, -0.2) is 9.19 Å².